The van der Waals surface area contributed by atoms with Crippen molar-refractivity contribution in [2.24, 2.45) is 0 Å². The van der Waals surface area contributed by atoms with Gasteiger partial charge in [-0.15, -0.1) is 11.8 Å². The van der Waals surface area contributed by atoms with Crippen LogP contribution in [-0.4, -0.2) is 22.7 Å². The van der Waals surface area contributed by atoms with Gasteiger partial charge in [-0.3, -0.25) is 10.1 Å². The Hall–Kier alpha value is -1.78. The Labute approximate surface area is 160 Å². The summed E-state index contributed by atoms with van der Waals surface area (Å²) in [5, 5.41) is 14.1. The molecule has 0 saturated heterocycles. The molecule has 0 amide bonds. The van der Waals surface area contributed by atoms with Crippen molar-refractivity contribution < 1.29 is 9.90 Å². The Morgan fingerprint density at radius 3 is 2.69 bits per heavy atom. The van der Waals surface area contributed by atoms with Crippen LogP contribution in [0, 0.1) is 0 Å². The van der Waals surface area contributed by atoms with E-state index < -0.39 is 0 Å². The molecule has 2 aromatic rings. The highest BCUT2D eigenvalue weighted by molar-refractivity contribution is 7.99. The molecule has 0 fully saturated rings. The van der Waals surface area contributed by atoms with E-state index in [0.717, 1.165) is 35.3 Å². The molecule has 0 bridgehead atoms. The Morgan fingerprint density at radius 2 is 2.04 bits per heavy atom. The molecule has 0 saturated carbocycles. The van der Waals surface area contributed by atoms with E-state index >= 15 is 0 Å². The molecule has 3 nitrogen and oxygen atoms in total. The van der Waals surface area contributed by atoms with Gasteiger partial charge in [0.25, 0.3) is 0 Å². The summed E-state index contributed by atoms with van der Waals surface area (Å²) in [5.41, 5.74) is 2.66. The summed E-state index contributed by atoms with van der Waals surface area (Å²) in [5.74, 6) is 1.02. The van der Waals surface area contributed by atoms with E-state index in [0.29, 0.717) is 5.56 Å². The Bertz CT molecular complexity index is 762. The van der Waals surface area contributed by atoms with E-state index in [-0.39, 0.29) is 17.3 Å². The van der Waals surface area contributed by atoms with Crippen LogP contribution in [0.5, 0.6) is 5.75 Å². The van der Waals surface area contributed by atoms with Crippen molar-refractivity contribution in [2.75, 3.05) is 5.75 Å². The van der Waals surface area contributed by atoms with E-state index in [1.54, 1.807) is 17.8 Å². The molecule has 0 radical (unpaired) electrons. The van der Waals surface area contributed by atoms with Gasteiger partial charge in [-0.2, -0.15) is 0 Å². The first kappa shape index (κ1) is 19.0. The zero-order valence-corrected chi connectivity index (χ0v) is 16.3. The molecule has 1 heterocycles. The minimum Gasteiger partial charge on any atom is -0.507 e. The maximum Gasteiger partial charge on any atom is 0.153 e. The zero-order valence-electron chi connectivity index (χ0n) is 15.5. The third-order valence-electron chi connectivity index (χ3n) is 5.37. The van der Waals surface area contributed by atoms with E-state index in [1.807, 2.05) is 12.1 Å². The molecule has 138 valence electrons. The highest BCUT2D eigenvalue weighted by Gasteiger charge is 2.35. The first-order valence-electron chi connectivity index (χ1n) is 9.40. The first-order valence-corrected chi connectivity index (χ1v) is 10.4. The molecule has 3 rings (SSSR count). The topological polar surface area (TPSA) is 49.3 Å². The Balaban J connectivity index is 2.11. The van der Waals surface area contributed by atoms with Gasteiger partial charge in [0, 0.05) is 16.2 Å². The Kier molecular flexibility index (Phi) is 6.05. The van der Waals surface area contributed by atoms with Gasteiger partial charge in [-0.25, -0.2) is 0 Å². The van der Waals surface area contributed by atoms with Crippen LogP contribution in [0.25, 0.3) is 0 Å². The number of phenolic OH excluding ortho intramolecular Hbond substituents is 1. The fourth-order valence-corrected chi connectivity index (χ4v) is 5.04. The number of phenols is 1. The number of aromatic hydroxyl groups is 1. The number of hydrogen-bond acceptors (Lipinski definition) is 4. The van der Waals surface area contributed by atoms with Gasteiger partial charge < -0.3 is 5.11 Å². The maximum atomic E-state index is 11.4. The van der Waals surface area contributed by atoms with Crippen molar-refractivity contribution in [1.82, 2.24) is 5.32 Å². The second-order valence-corrected chi connectivity index (χ2v) is 8.10. The second-order valence-electron chi connectivity index (χ2n) is 7.08. The molecule has 4 heteroatoms. The molecular weight excluding hydrogens is 342 g/mol. The highest BCUT2D eigenvalue weighted by atomic mass is 32.2. The van der Waals surface area contributed by atoms with Crippen molar-refractivity contribution in [3.63, 3.8) is 0 Å². The molecule has 0 aromatic heterocycles. The van der Waals surface area contributed by atoms with Crippen LogP contribution >= 0.6 is 11.8 Å². The van der Waals surface area contributed by atoms with Crippen LogP contribution in [0.3, 0.4) is 0 Å². The first-order chi connectivity index (χ1) is 12.6. The minimum absolute atomic E-state index is 0.0114. The van der Waals surface area contributed by atoms with Crippen LogP contribution in [0.15, 0.2) is 47.4 Å². The number of fused-ring (bicyclic) bond motifs is 1. The van der Waals surface area contributed by atoms with Crippen molar-refractivity contribution in [3.05, 3.63) is 59.2 Å². The lowest BCUT2D eigenvalue weighted by Crippen LogP contribution is -2.48. The third kappa shape index (κ3) is 3.81. The van der Waals surface area contributed by atoms with E-state index in [1.165, 1.54) is 18.4 Å². The lowest BCUT2D eigenvalue weighted by atomic mass is 9.87. The number of carbonyl (C=O) groups is 1. The summed E-state index contributed by atoms with van der Waals surface area (Å²) in [6.45, 7) is 4.47. The molecule has 1 aliphatic heterocycles. The van der Waals surface area contributed by atoms with Gasteiger partial charge >= 0.3 is 0 Å². The number of aldehydes is 1. The monoisotopic (exact) mass is 369 g/mol. The molecule has 0 spiro atoms. The average Bonchev–Trinajstić information content (AvgIpc) is 2.84. The summed E-state index contributed by atoms with van der Waals surface area (Å²) >= 11 is 1.78. The van der Waals surface area contributed by atoms with Crippen molar-refractivity contribution >= 4 is 18.0 Å². The number of nitrogens with one attached hydrogen (secondary N) is 1. The molecule has 26 heavy (non-hydrogen) atoms. The van der Waals surface area contributed by atoms with Gasteiger partial charge in [0.2, 0.25) is 0 Å². The predicted molar refractivity (Wildman–Crippen MR) is 108 cm³/mol. The van der Waals surface area contributed by atoms with Gasteiger partial charge in [-0.1, -0.05) is 57.0 Å². The minimum atomic E-state index is 0.0114. The van der Waals surface area contributed by atoms with Crippen LogP contribution < -0.4 is 5.32 Å². The van der Waals surface area contributed by atoms with Crippen LogP contribution in [0.1, 0.15) is 67.1 Å². The van der Waals surface area contributed by atoms with Crippen molar-refractivity contribution in [1.29, 1.82) is 0 Å². The molecule has 1 aliphatic rings. The second kappa shape index (κ2) is 8.28. The van der Waals surface area contributed by atoms with Crippen molar-refractivity contribution in [2.45, 2.75) is 56.0 Å². The average molecular weight is 370 g/mol. The number of rotatable bonds is 6. The summed E-state index contributed by atoms with van der Waals surface area (Å²) < 4.78 is 0. The predicted octanol–water partition coefficient (Wildman–Crippen LogP) is 5.33. The SMILES string of the molecule is CCCC[C@]1(CC)CSc2cc(O)c(C=O)cc2[C@H](c2ccccc2)N1. The van der Waals surface area contributed by atoms with E-state index in [4.69, 9.17) is 0 Å². The number of thioether (sulfide) groups is 1. The standard InChI is InChI=1S/C22H27NO2S/c1-3-5-11-22(4-2)15-26-20-13-19(25)17(14-24)12-18(20)21(23-22)16-9-7-6-8-10-16/h6-10,12-14,21,23,25H,3-5,11,15H2,1-2H3/t21-,22+/m0/s1. The summed E-state index contributed by atoms with van der Waals surface area (Å²) in [4.78, 5) is 12.4. The Morgan fingerprint density at radius 1 is 1.27 bits per heavy atom. The molecule has 2 aromatic carbocycles. The smallest absolute Gasteiger partial charge is 0.153 e. The third-order valence-corrected chi connectivity index (χ3v) is 6.73. The molecule has 0 unspecified atom stereocenters. The van der Waals surface area contributed by atoms with Gasteiger partial charge in [0.05, 0.1) is 11.6 Å². The lowest BCUT2D eigenvalue weighted by Gasteiger charge is -2.36. The van der Waals surface area contributed by atoms with Crippen LogP contribution in [0.4, 0.5) is 0 Å². The van der Waals surface area contributed by atoms with Crippen molar-refractivity contribution in [3.8, 4) is 5.75 Å². The summed E-state index contributed by atoms with van der Waals surface area (Å²) in [6.07, 6.45) is 5.26. The van der Waals surface area contributed by atoms with Crippen LogP contribution in [0.2, 0.25) is 0 Å². The van der Waals surface area contributed by atoms with E-state index in [9.17, 15) is 9.90 Å². The number of hydrogen-bond donors (Lipinski definition) is 2. The fourth-order valence-electron chi connectivity index (χ4n) is 3.64. The maximum absolute atomic E-state index is 11.4. The normalized spacial score (nSPS) is 22.5. The van der Waals surface area contributed by atoms with E-state index in [2.05, 4.69) is 43.4 Å². The zero-order chi connectivity index (χ0) is 18.6. The number of carbonyl (C=O) groups excluding carboxylic acids is 1. The van der Waals surface area contributed by atoms with Gasteiger partial charge in [0.1, 0.15) is 5.75 Å². The van der Waals surface area contributed by atoms with Crippen LogP contribution in [-0.2, 0) is 0 Å². The fraction of sp³-hybridized carbons (Fsp3) is 0.409. The number of unbranched alkanes of at least 4 members (excludes halogenated alkanes) is 1. The van der Waals surface area contributed by atoms with Gasteiger partial charge in [0.15, 0.2) is 6.29 Å². The molecular formula is C22H27NO2S. The summed E-state index contributed by atoms with van der Waals surface area (Å²) in [6, 6.07) is 14.0. The quantitative estimate of drug-likeness (QED) is 0.676. The molecule has 2 N–H and O–H groups in total. The largest absolute Gasteiger partial charge is 0.507 e. The number of benzene rings is 2. The van der Waals surface area contributed by atoms with Gasteiger partial charge in [-0.05, 0) is 36.1 Å². The molecule has 0 aliphatic carbocycles. The highest BCUT2D eigenvalue weighted by Crippen LogP contribution is 2.42. The molecule has 2 atom stereocenters. The summed E-state index contributed by atoms with van der Waals surface area (Å²) in [7, 11) is 0. The lowest BCUT2D eigenvalue weighted by molar-refractivity contribution is 0.112.